The number of imide groups is 2. The van der Waals surface area contributed by atoms with Gasteiger partial charge in [-0.15, -0.1) is 0 Å². The van der Waals surface area contributed by atoms with Crippen LogP contribution in [0.25, 0.3) is 6.08 Å². The number of amides is 4. The smallest absolute Gasteiger partial charge is 0.333 e. The van der Waals surface area contributed by atoms with Crippen molar-refractivity contribution in [3.8, 4) is 5.75 Å². The number of carbonyl (C=O) groups excluding carboxylic acids is 3. The molecule has 0 aromatic heterocycles. The topological polar surface area (TPSA) is 66.9 Å². The molecule has 6 heteroatoms. The van der Waals surface area contributed by atoms with E-state index < -0.39 is 17.8 Å². The van der Waals surface area contributed by atoms with E-state index in [1.54, 1.807) is 31.4 Å². The first kappa shape index (κ1) is 13.8. The third kappa shape index (κ3) is 2.27. The molecule has 0 N–H and O–H groups in total. The summed E-state index contributed by atoms with van der Waals surface area (Å²) in [6.45, 7) is 0. The van der Waals surface area contributed by atoms with Crippen molar-refractivity contribution in [1.29, 1.82) is 0 Å². The summed E-state index contributed by atoms with van der Waals surface area (Å²) in [5.74, 6) is -0.527. The summed E-state index contributed by atoms with van der Waals surface area (Å²) in [4.78, 5) is 37.4. The summed E-state index contributed by atoms with van der Waals surface area (Å²) in [6, 6.07) is 6.27. The van der Waals surface area contributed by atoms with Crippen molar-refractivity contribution in [3.63, 3.8) is 0 Å². The van der Waals surface area contributed by atoms with E-state index in [-0.39, 0.29) is 5.57 Å². The number of likely N-dealkylation sites (N-methyl/N-ethyl adjacent to an activating group) is 2. The Hall–Kier alpha value is -2.63. The van der Waals surface area contributed by atoms with E-state index in [1.165, 1.54) is 20.2 Å². The van der Waals surface area contributed by atoms with Gasteiger partial charge in [0, 0.05) is 14.1 Å². The molecule has 6 nitrogen and oxygen atoms in total. The Morgan fingerprint density at radius 1 is 0.950 bits per heavy atom. The van der Waals surface area contributed by atoms with Crippen LogP contribution in [0.15, 0.2) is 29.8 Å². The minimum Gasteiger partial charge on any atom is -0.497 e. The second-order valence-electron chi connectivity index (χ2n) is 4.34. The molecule has 1 aromatic carbocycles. The van der Waals surface area contributed by atoms with Crippen LogP contribution in [0, 0.1) is 0 Å². The van der Waals surface area contributed by atoms with Crippen molar-refractivity contribution < 1.29 is 19.1 Å². The van der Waals surface area contributed by atoms with E-state index in [4.69, 9.17) is 4.74 Å². The SMILES string of the molecule is COc1ccc(C=C2C(=O)N(C)C(=O)N(C)C2=O)cc1. The number of rotatable bonds is 2. The summed E-state index contributed by atoms with van der Waals surface area (Å²) in [5.41, 5.74) is 0.637. The summed E-state index contributed by atoms with van der Waals surface area (Å²) in [6.07, 6.45) is 1.46. The first-order valence-electron chi connectivity index (χ1n) is 5.91. The minimum absolute atomic E-state index is 0.0419. The van der Waals surface area contributed by atoms with Crippen molar-refractivity contribution in [2.75, 3.05) is 21.2 Å². The maximum Gasteiger partial charge on any atom is 0.333 e. The standard InChI is InChI=1S/C14H14N2O4/c1-15-12(17)11(13(18)16(2)14(15)19)8-9-4-6-10(20-3)7-5-9/h4-8H,1-3H3. The summed E-state index contributed by atoms with van der Waals surface area (Å²) in [7, 11) is 4.24. The van der Waals surface area contributed by atoms with Crippen molar-refractivity contribution in [1.82, 2.24) is 9.80 Å². The van der Waals surface area contributed by atoms with Gasteiger partial charge in [0.15, 0.2) is 0 Å². The molecule has 104 valence electrons. The van der Waals surface area contributed by atoms with Gasteiger partial charge in [-0.3, -0.25) is 19.4 Å². The summed E-state index contributed by atoms with van der Waals surface area (Å²) in [5, 5.41) is 0. The molecule has 20 heavy (non-hydrogen) atoms. The number of benzene rings is 1. The molecule has 4 amide bonds. The van der Waals surface area contributed by atoms with E-state index in [2.05, 4.69) is 0 Å². The Kier molecular flexibility index (Phi) is 3.56. The van der Waals surface area contributed by atoms with E-state index in [9.17, 15) is 14.4 Å². The molecule has 0 unspecified atom stereocenters. The lowest BCUT2D eigenvalue weighted by Gasteiger charge is -2.28. The zero-order valence-corrected chi connectivity index (χ0v) is 11.4. The quantitative estimate of drug-likeness (QED) is 0.599. The lowest BCUT2D eigenvalue weighted by Crippen LogP contribution is -2.52. The molecule has 1 aliphatic rings. The predicted molar refractivity (Wildman–Crippen MR) is 71.9 cm³/mol. The third-order valence-corrected chi connectivity index (χ3v) is 3.07. The zero-order chi connectivity index (χ0) is 14.9. The number of hydrogen-bond acceptors (Lipinski definition) is 4. The molecule has 1 saturated heterocycles. The summed E-state index contributed by atoms with van der Waals surface area (Å²) >= 11 is 0. The molecule has 0 radical (unpaired) electrons. The van der Waals surface area contributed by atoms with Gasteiger partial charge in [0.2, 0.25) is 0 Å². The van der Waals surface area contributed by atoms with Gasteiger partial charge in [0.05, 0.1) is 7.11 Å². The van der Waals surface area contributed by atoms with Crippen LogP contribution in [0.5, 0.6) is 5.75 Å². The lowest BCUT2D eigenvalue weighted by molar-refractivity contribution is -0.134. The molecular weight excluding hydrogens is 260 g/mol. The average molecular weight is 274 g/mol. The first-order chi connectivity index (χ1) is 9.45. The zero-order valence-electron chi connectivity index (χ0n) is 11.4. The highest BCUT2D eigenvalue weighted by Gasteiger charge is 2.37. The normalized spacial score (nSPS) is 15.8. The van der Waals surface area contributed by atoms with E-state index >= 15 is 0 Å². The molecule has 2 rings (SSSR count). The van der Waals surface area contributed by atoms with Gasteiger partial charge in [-0.25, -0.2) is 4.79 Å². The van der Waals surface area contributed by atoms with Crippen LogP contribution in [0.1, 0.15) is 5.56 Å². The number of hydrogen-bond donors (Lipinski definition) is 0. The average Bonchev–Trinajstić information content (AvgIpc) is 2.48. The fraction of sp³-hybridized carbons (Fsp3) is 0.214. The van der Waals surface area contributed by atoms with Crippen LogP contribution in [0.2, 0.25) is 0 Å². The lowest BCUT2D eigenvalue weighted by atomic mass is 10.1. The summed E-state index contributed by atoms with van der Waals surface area (Å²) < 4.78 is 5.03. The monoisotopic (exact) mass is 274 g/mol. The molecule has 1 heterocycles. The molecule has 0 spiro atoms. The van der Waals surface area contributed by atoms with Gasteiger partial charge in [-0.2, -0.15) is 0 Å². The van der Waals surface area contributed by atoms with Crippen molar-refractivity contribution in [2.24, 2.45) is 0 Å². The van der Waals surface area contributed by atoms with Gasteiger partial charge in [0.25, 0.3) is 11.8 Å². The maximum absolute atomic E-state index is 12.0. The van der Waals surface area contributed by atoms with Crippen molar-refractivity contribution >= 4 is 23.9 Å². The second-order valence-corrected chi connectivity index (χ2v) is 4.34. The van der Waals surface area contributed by atoms with Crippen LogP contribution in [-0.2, 0) is 9.59 Å². The van der Waals surface area contributed by atoms with Gasteiger partial charge in [0.1, 0.15) is 11.3 Å². The fourth-order valence-electron chi connectivity index (χ4n) is 1.84. The highest BCUT2D eigenvalue weighted by Crippen LogP contribution is 2.19. The van der Waals surface area contributed by atoms with E-state index in [0.717, 1.165) is 9.80 Å². The molecule has 1 fully saturated rings. The highest BCUT2D eigenvalue weighted by molar-refractivity contribution is 6.30. The Labute approximate surface area is 116 Å². The van der Waals surface area contributed by atoms with Gasteiger partial charge < -0.3 is 4.74 Å². The molecule has 0 bridgehead atoms. The van der Waals surface area contributed by atoms with Crippen molar-refractivity contribution in [2.45, 2.75) is 0 Å². The molecule has 0 aliphatic carbocycles. The van der Waals surface area contributed by atoms with E-state index in [1.807, 2.05) is 0 Å². The third-order valence-electron chi connectivity index (χ3n) is 3.07. The molecular formula is C14H14N2O4. The van der Waals surface area contributed by atoms with Crippen LogP contribution in [-0.4, -0.2) is 48.9 Å². The number of urea groups is 1. The Morgan fingerprint density at radius 2 is 1.45 bits per heavy atom. The molecule has 1 aliphatic heterocycles. The second kappa shape index (κ2) is 5.16. The number of methoxy groups -OCH3 is 1. The van der Waals surface area contributed by atoms with Gasteiger partial charge >= 0.3 is 6.03 Å². The Bertz CT molecular complexity index is 578. The van der Waals surface area contributed by atoms with E-state index in [0.29, 0.717) is 11.3 Å². The molecule has 0 saturated carbocycles. The van der Waals surface area contributed by atoms with Crippen LogP contribution in [0.3, 0.4) is 0 Å². The highest BCUT2D eigenvalue weighted by atomic mass is 16.5. The largest absolute Gasteiger partial charge is 0.497 e. The van der Waals surface area contributed by atoms with Gasteiger partial charge in [-0.05, 0) is 23.8 Å². The number of barbiturate groups is 1. The van der Waals surface area contributed by atoms with Crippen LogP contribution >= 0.6 is 0 Å². The first-order valence-corrected chi connectivity index (χ1v) is 5.91. The van der Waals surface area contributed by atoms with Gasteiger partial charge in [-0.1, -0.05) is 12.1 Å². The maximum atomic E-state index is 12.0. The van der Waals surface area contributed by atoms with Crippen molar-refractivity contribution in [3.05, 3.63) is 35.4 Å². The van der Waals surface area contributed by atoms with Crippen LogP contribution < -0.4 is 4.74 Å². The Balaban J connectivity index is 2.38. The minimum atomic E-state index is -0.633. The number of ether oxygens (including phenoxy) is 1. The predicted octanol–water partition coefficient (Wildman–Crippen LogP) is 1.13. The number of carbonyl (C=O) groups is 3. The molecule has 1 aromatic rings. The Morgan fingerprint density at radius 3 is 1.90 bits per heavy atom. The molecule has 0 atom stereocenters. The van der Waals surface area contributed by atoms with Crippen LogP contribution in [0.4, 0.5) is 4.79 Å². The fourth-order valence-corrected chi connectivity index (χ4v) is 1.84. The number of nitrogens with zero attached hydrogens (tertiary/aromatic N) is 2.